The van der Waals surface area contributed by atoms with Crippen LogP contribution in [-0.2, 0) is 13.1 Å². The summed E-state index contributed by atoms with van der Waals surface area (Å²) >= 11 is 0. The molecule has 0 saturated carbocycles. The highest BCUT2D eigenvalue weighted by Gasteiger charge is 2.04. The number of nitrogens with one attached hydrogen (secondary N) is 2. The molecular formula is C10H15N5. The van der Waals surface area contributed by atoms with Gasteiger partial charge in [0.2, 0.25) is 0 Å². The normalized spacial score (nSPS) is 11.1. The highest BCUT2D eigenvalue weighted by molar-refractivity contribution is 4.99. The predicted molar refractivity (Wildman–Crippen MR) is 57.1 cm³/mol. The number of aromatic nitrogens is 4. The Morgan fingerprint density at radius 1 is 1.33 bits per heavy atom. The fourth-order valence-corrected chi connectivity index (χ4v) is 1.54. The predicted octanol–water partition coefficient (Wildman–Crippen LogP) is 1.07. The van der Waals surface area contributed by atoms with Crippen molar-refractivity contribution < 1.29 is 0 Å². The van der Waals surface area contributed by atoms with Crippen LogP contribution >= 0.6 is 0 Å². The van der Waals surface area contributed by atoms with Gasteiger partial charge in [0.1, 0.15) is 11.6 Å². The van der Waals surface area contributed by atoms with Gasteiger partial charge in [0.25, 0.3) is 0 Å². The summed E-state index contributed by atoms with van der Waals surface area (Å²) in [5, 5.41) is 0. The van der Waals surface area contributed by atoms with E-state index in [0.29, 0.717) is 0 Å². The van der Waals surface area contributed by atoms with Gasteiger partial charge in [0, 0.05) is 30.8 Å². The molecule has 5 heteroatoms. The van der Waals surface area contributed by atoms with E-state index >= 15 is 0 Å². The molecule has 0 saturated heterocycles. The third-order valence-electron chi connectivity index (χ3n) is 2.17. The minimum atomic E-state index is 0.811. The maximum atomic E-state index is 4.18. The van der Waals surface area contributed by atoms with Crippen molar-refractivity contribution in [3.63, 3.8) is 0 Å². The van der Waals surface area contributed by atoms with E-state index in [0.717, 1.165) is 30.4 Å². The smallest absolute Gasteiger partial charge is 0.120 e. The summed E-state index contributed by atoms with van der Waals surface area (Å²) in [5.74, 6) is 1.94. The highest BCUT2D eigenvalue weighted by atomic mass is 15.1. The molecule has 0 unspecified atom stereocenters. The summed E-state index contributed by atoms with van der Waals surface area (Å²) in [5.41, 5.74) is 1.13. The van der Waals surface area contributed by atoms with Crippen LogP contribution in [0.15, 0.2) is 18.6 Å². The molecule has 0 atom stereocenters. The second kappa shape index (κ2) is 4.27. The van der Waals surface area contributed by atoms with Crippen LogP contribution in [0.25, 0.3) is 0 Å². The first-order valence-electron chi connectivity index (χ1n) is 4.91. The molecule has 0 radical (unpaired) electrons. The van der Waals surface area contributed by atoms with Crippen LogP contribution in [0.2, 0.25) is 0 Å². The van der Waals surface area contributed by atoms with Gasteiger partial charge in [-0.15, -0.1) is 0 Å². The Morgan fingerprint density at radius 2 is 2.20 bits per heavy atom. The summed E-state index contributed by atoms with van der Waals surface area (Å²) in [7, 11) is 2.05. The zero-order valence-electron chi connectivity index (χ0n) is 8.99. The van der Waals surface area contributed by atoms with Gasteiger partial charge in [0.15, 0.2) is 0 Å². The van der Waals surface area contributed by atoms with E-state index in [9.17, 15) is 0 Å². The van der Waals surface area contributed by atoms with Gasteiger partial charge in [-0.3, -0.25) is 4.90 Å². The van der Waals surface area contributed by atoms with Crippen molar-refractivity contribution in [2.75, 3.05) is 7.05 Å². The molecule has 2 heterocycles. The number of hydrogen-bond acceptors (Lipinski definition) is 3. The zero-order valence-corrected chi connectivity index (χ0v) is 8.99. The van der Waals surface area contributed by atoms with E-state index in [-0.39, 0.29) is 0 Å². The minimum absolute atomic E-state index is 0.811. The van der Waals surface area contributed by atoms with E-state index in [1.807, 2.05) is 19.3 Å². The number of aryl methyl sites for hydroxylation is 1. The lowest BCUT2D eigenvalue weighted by molar-refractivity contribution is 0.308. The molecule has 2 N–H and O–H groups in total. The number of H-pyrrole nitrogens is 2. The van der Waals surface area contributed by atoms with Crippen LogP contribution in [0.1, 0.15) is 17.3 Å². The van der Waals surface area contributed by atoms with E-state index in [2.05, 4.69) is 31.9 Å². The van der Waals surface area contributed by atoms with Crippen LogP contribution in [0.3, 0.4) is 0 Å². The van der Waals surface area contributed by atoms with Crippen LogP contribution in [0, 0.1) is 6.92 Å². The summed E-state index contributed by atoms with van der Waals surface area (Å²) in [4.78, 5) is 16.8. The largest absolute Gasteiger partial charge is 0.348 e. The van der Waals surface area contributed by atoms with Gasteiger partial charge in [-0.1, -0.05) is 0 Å². The average Bonchev–Trinajstić information content (AvgIpc) is 2.77. The zero-order chi connectivity index (χ0) is 10.7. The maximum absolute atomic E-state index is 4.18. The molecule has 2 aromatic heterocycles. The van der Waals surface area contributed by atoms with Crippen molar-refractivity contribution >= 4 is 0 Å². The Morgan fingerprint density at radius 3 is 2.80 bits per heavy atom. The van der Waals surface area contributed by atoms with Gasteiger partial charge in [-0.05, 0) is 14.0 Å². The number of aromatic amines is 2. The van der Waals surface area contributed by atoms with Crippen molar-refractivity contribution in [3.8, 4) is 0 Å². The minimum Gasteiger partial charge on any atom is -0.348 e. The first-order valence-corrected chi connectivity index (χ1v) is 4.91. The van der Waals surface area contributed by atoms with Crippen molar-refractivity contribution in [3.05, 3.63) is 35.9 Å². The number of nitrogens with zero attached hydrogens (tertiary/aromatic N) is 3. The summed E-state index contributed by atoms with van der Waals surface area (Å²) in [6.45, 7) is 3.61. The van der Waals surface area contributed by atoms with Gasteiger partial charge in [-0.25, -0.2) is 9.97 Å². The summed E-state index contributed by atoms with van der Waals surface area (Å²) < 4.78 is 0. The standard InChI is InChI=1S/C10H15N5/c1-8-13-5-9(14-8)6-15(2)7-10-11-3-4-12-10/h3-5H,6-7H2,1-2H3,(H,11,12)(H,13,14). The molecule has 5 nitrogen and oxygen atoms in total. The molecule has 0 aliphatic rings. The van der Waals surface area contributed by atoms with Crippen molar-refractivity contribution in [1.82, 2.24) is 24.8 Å². The Balaban J connectivity index is 1.90. The molecular weight excluding hydrogens is 190 g/mol. The number of imidazole rings is 2. The van der Waals surface area contributed by atoms with Crippen molar-refractivity contribution in [1.29, 1.82) is 0 Å². The first-order chi connectivity index (χ1) is 7.24. The molecule has 80 valence electrons. The quantitative estimate of drug-likeness (QED) is 0.785. The third kappa shape index (κ3) is 2.66. The molecule has 0 amide bonds. The van der Waals surface area contributed by atoms with E-state index < -0.39 is 0 Å². The lowest BCUT2D eigenvalue weighted by Gasteiger charge is -2.13. The fraction of sp³-hybridized carbons (Fsp3) is 0.400. The first kappa shape index (κ1) is 9.92. The SMILES string of the molecule is Cc1ncc(CN(C)Cc2ncc[nH]2)[nH]1. The van der Waals surface area contributed by atoms with Crippen LogP contribution in [0.5, 0.6) is 0 Å². The lowest BCUT2D eigenvalue weighted by atomic mass is 10.4. The second-order valence-electron chi connectivity index (χ2n) is 3.70. The van der Waals surface area contributed by atoms with Crippen LogP contribution in [-0.4, -0.2) is 31.9 Å². The van der Waals surface area contributed by atoms with Gasteiger partial charge in [0.05, 0.1) is 6.54 Å². The fourth-order valence-electron chi connectivity index (χ4n) is 1.54. The van der Waals surface area contributed by atoms with Crippen molar-refractivity contribution in [2.45, 2.75) is 20.0 Å². The van der Waals surface area contributed by atoms with Crippen molar-refractivity contribution in [2.24, 2.45) is 0 Å². The Kier molecular flexibility index (Phi) is 2.82. The lowest BCUT2D eigenvalue weighted by Crippen LogP contribution is -2.18. The van der Waals surface area contributed by atoms with Crippen LogP contribution < -0.4 is 0 Å². The Labute approximate surface area is 88.6 Å². The van der Waals surface area contributed by atoms with Gasteiger partial charge >= 0.3 is 0 Å². The molecule has 15 heavy (non-hydrogen) atoms. The van der Waals surface area contributed by atoms with E-state index in [1.165, 1.54) is 0 Å². The molecule has 0 aromatic carbocycles. The average molecular weight is 205 g/mol. The monoisotopic (exact) mass is 205 g/mol. The molecule has 0 fully saturated rings. The third-order valence-corrected chi connectivity index (χ3v) is 2.17. The molecule has 0 aliphatic heterocycles. The Bertz CT molecular complexity index is 403. The number of hydrogen-bond donors (Lipinski definition) is 2. The Hall–Kier alpha value is -1.62. The second-order valence-corrected chi connectivity index (χ2v) is 3.70. The molecule has 2 aromatic rings. The molecule has 0 spiro atoms. The topological polar surface area (TPSA) is 60.6 Å². The van der Waals surface area contributed by atoms with Gasteiger partial charge in [-0.2, -0.15) is 0 Å². The summed E-state index contributed by atoms with van der Waals surface area (Å²) in [6, 6.07) is 0. The molecule has 0 aliphatic carbocycles. The summed E-state index contributed by atoms with van der Waals surface area (Å²) in [6.07, 6.45) is 5.47. The highest BCUT2D eigenvalue weighted by Crippen LogP contribution is 2.03. The maximum Gasteiger partial charge on any atom is 0.120 e. The van der Waals surface area contributed by atoms with Gasteiger partial charge < -0.3 is 9.97 Å². The van der Waals surface area contributed by atoms with E-state index in [1.54, 1.807) is 6.20 Å². The van der Waals surface area contributed by atoms with E-state index in [4.69, 9.17) is 0 Å². The molecule has 2 rings (SSSR count). The molecule has 0 bridgehead atoms. The van der Waals surface area contributed by atoms with Crippen LogP contribution in [0.4, 0.5) is 0 Å². The number of rotatable bonds is 4.